The van der Waals surface area contributed by atoms with E-state index in [-0.39, 0.29) is 11.1 Å². The number of nitrogens with one attached hydrogen (secondary N) is 1. The fourth-order valence-corrected chi connectivity index (χ4v) is 4.45. The van der Waals surface area contributed by atoms with Gasteiger partial charge in [0.1, 0.15) is 0 Å². The van der Waals surface area contributed by atoms with E-state index in [0.29, 0.717) is 5.69 Å². The Kier molecular flexibility index (Phi) is 4.02. The van der Waals surface area contributed by atoms with Gasteiger partial charge in [0.05, 0.1) is 5.69 Å². The highest BCUT2D eigenvalue weighted by atomic mass is 32.2. The largest absolute Gasteiger partial charge is 0.365 e. The van der Waals surface area contributed by atoms with Gasteiger partial charge in [-0.15, -0.1) is 0 Å². The van der Waals surface area contributed by atoms with Gasteiger partial charge in [0.15, 0.2) is 5.37 Å². The first kappa shape index (κ1) is 16.8. The van der Waals surface area contributed by atoms with Crippen molar-refractivity contribution < 1.29 is 9.59 Å². The van der Waals surface area contributed by atoms with E-state index in [1.807, 2.05) is 84.9 Å². The lowest BCUT2D eigenvalue weighted by molar-refractivity contribution is -0.116. The van der Waals surface area contributed by atoms with Crippen molar-refractivity contribution in [2.24, 2.45) is 0 Å². The van der Waals surface area contributed by atoms with E-state index in [1.165, 1.54) is 4.90 Å². The lowest BCUT2D eigenvalue weighted by Gasteiger charge is -2.17. The Balaban J connectivity index is 1.47. The van der Waals surface area contributed by atoms with Gasteiger partial charge in [-0.3, -0.25) is 9.59 Å². The molecule has 1 saturated heterocycles. The number of anilines is 2. The molecule has 4 aromatic rings. The number of carbonyl (C=O) groups excluding carboxylic acids is 2. The molecule has 0 saturated carbocycles. The van der Waals surface area contributed by atoms with Crippen LogP contribution in [0.3, 0.4) is 0 Å². The van der Waals surface area contributed by atoms with Gasteiger partial charge in [-0.2, -0.15) is 0 Å². The summed E-state index contributed by atoms with van der Waals surface area (Å²) in [6.07, 6.45) is 0. The second-order valence-electron chi connectivity index (χ2n) is 6.64. The molecule has 1 fully saturated rings. The first-order chi connectivity index (χ1) is 13.7. The van der Waals surface area contributed by atoms with Crippen LogP contribution in [0.25, 0.3) is 21.5 Å². The Labute approximate surface area is 166 Å². The van der Waals surface area contributed by atoms with E-state index >= 15 is 0 Å². The maximum absolute atomic E-state index is 13.0. The topological polar surface area (TPSA) is 49.4 Å². The van der Waals surface area contributed by atoms with Gasteiger partial charge in [0, 0.05) is 11.1 Å². The molecule has 1 aliphatic rings. The van der Waals surface area contributed by atoms with Gasteiger partial charge in [0.2, 0.25) is 0 Å². The quantitative estimate of drug-likeness (QED) is 0.497. The summed E-state index contributed by atoms with van der Waals surface area (Å²) in [5.41, 5.74) is 1.44. The molecule has 0 aliphatic carbocycles. The lowest BCUT2D eigenvalue weighted by Crippen LogP contribution is -2.34. The molecule has 1 heterocycles. The molecular formula is C23H16N2O2S. The van der Waals surface area contributed by atoms with E-state index in [9.17, 15) is 9.59 Å². The second kappa shape index (κ2) is 6.69. The van der Waals surface area contributed by atoms with Crippen molar-refractivity contribution in [1.29, 1.82) is 0 Å². The highest BCUT2D eigenvalue weighted by Gasteiger charge is 2.41. The zero-order valence-electron chi connectivity index (χ0n) is 14.8. The second-order valence-corrected chi connectivity index (χ2v) is 7.70. The fraction of sp³-hybridized carbons (Fsp3) is 0.0435. The van der Waals surface area contributed by atoms with Crippen molar-refractivity contribution in [1.82, 2.24) is 0 Å². The van der Waals surface area contributed by atoms with E-state index in [2.05, 4.69) is 5.32 Å². The van der Waals surface area contributed by atoms with Crippen molar-refractivity contribution in [3.63, 3.8) is 0 Å². The van der Waals surface area contributed by atoms with Crippen LogP contribution < -0.4 is 10.2 Å². The number of fused-ring (bicyclic) bond motifs is 2. The summed E-state index contributed by atoms with van der Waals surface area (Å²) in [6.45, 7) is 0. The minimum absolute atomic E-state index is 0.250. The zero-order valence-corrected chi connectivity index (χ0v) is 15.6. The van der Waals surface area contributed by atoms with Crippen molar-refractivity contribution >= 4 is 55.8 Å². The number of imide groups is 1. The molecule has 136 valence electrons. The van der Waals surface area contributed by atoms with Crippen LogP contribution >= 0.6 is 11.8 Å². The van der Waals surface area contributed by atoms with Gasteiger partial charge >= 0.3 is 0 Å². The summed E-state index contributed by atoms with van der Waals surface area (Å²) in [7, 11) is 0. The zero-order chi connectivity index (χ0) is 19.1. The highest BCUT2D eigenvalue weighted by molar-refractivity contribution is 8.16. The monoisotopic (exact) mass is 384 g/mol. The molecular weight excluding hydrogens is 368 g/mol. The summed E-state index contributed by atoms with van der Waals surface area (Å²) < 4.78 is 0. The van der Waals surface area contributed by atoms with Gasteiger partial charge in [-0.25, -0.2) is 4.90 Å². The number of amides is 2. The van der Waals surface area contributed by atoms with Crippen LogP contribution in [0.15, 0.2) is 84.9 Å². The van der Waals surface area contributed by atoms with Crippen LogP contribution in [0.1, 0.15) is 0 Å². The summed E-state index contributed by atoms with van der Waals surface area (Å²) in [5.74, 6) is -0.250. The number of thioether (sulfide) groups is 1. The number of rotatable bonds is 3. The molecule has 0 spiro atoms. The van der Waals surface area contributed by atoms with Crippen LogP contribution in [0.5, 0.6) is 0 Å². The minimum atomic E-state index is -0.646. The molecule has 1 unspecified atom stereocenters. The molecule has 28 heavy (non-hydrogen) atoms. The maximum Gasteiger partial charge on any atom is 0.295 e. The van der Waals surface area contributed by atoms with Crippen LogP contribution in [-0.4, -0.2) is 16.5 Å². The van der Waals surface area contributed by atoms with Crippen LogP contribution in [0, 0.1) is 0 Å². The van der Waals surface area contributed by atoms with Crippen LogP contribution in [0.2, 0.25) is 0 Å². The normalized spacial score (nSPS) is 16.9. The smallest absolute Gasteiger partial charge is 0.295 e. The van der Waals surface area contributed by atoms with Gasteiger partial charge in [-0.05, 0) is 46.1 Å². The number of hydrogen-bond donors (Lipinski definition) is 1. The standard InChI is InChI=1S/C23H16N2O2S/c26-22-21(24-18-13-12-15-6-1-2-8-17(15)14-18)28-23(27)25(22)20-11-5-9-16-7-3-4-10-19(16)20/h1-14,21,24H. The molecule has 4 nitrogen and oxygen atoms in total. The van der Waals surface area contributed by atoms with Crippen LogP contribution in [0.4, 0.5) is 16.2 Å². The van der Waals surface area contributed by atoms with Crippen molar-refractivity contribution in [3.8, 4) is 0 Å². The number of carbonyl (C=O) groups is 2. The predicted octanol–water partition coefficient (Wildman–Crippen LogP) is 5.63. The summed E-state index contributed by atoms with van der Waals surface area (Å²) in [6, 6.07) is 27.4. The Morgan fingerprint density at radius 2 is 1.46 bits per heavy atom. The van der Waals surface area contributed by atoms with E-state index in [0.717, 1.165) is 39.0 Å². The average molecular weight is 384 g/mol. The third-order valence-electron chi connectivity index (χ3n) is 4.90. The van der Waals surface area contributed by atoms with Crippen molar-refractivity contribution in [3.05, 3.63) is 84.9 Å². The highest BCUT2D eigenvalue weighted by Crippen LogP contribution is 2.36. The molecule has 1 atom stereocenters. The SMILES string of the molecule is O=C1SC(Nc2ccc3ccccc3c2)C(=O)N1c1cccc2ccccc12. The first-order valence-electron chi connectivity index (χ1n) is 8.98. The molecule has 0 bridgehead atoms. The minimum Gasteiger partial charge on any atom is -0.365 e. The van der Waals surface area contributed by atoms with Gasteiger partial charge < -0.3 is 5.32 Å². The summed E-state index contributed by atoms with van der Waals surface area (Å²) in [5, 5.41) is 6.40. The maximum atomic E-state index is 13.0. The molecule has 0 aromatic heterocycles. The van der Waals surface area contributed by atoms with Gasteiger partial charge in [0.25, 0.3) is 11.1 Å². The van der Waals surface area contributed by atoms with E-state index in [4.69, 9.17) is 0 Å². The Morgan fingerprint density at radius 3 is 2.32 bits per heavy atom. The molecule has 4 aromatic carbocycles. The molecule has 5 rings (SSSR count). The van der Waals surface area contributed by atoms with Crippen LogP contribution in [-0.2, 0) is 4.79 Å². The number of nitrogens with zero attached hydrogens (tertiary/aromatic N) is 1. The average Bonchev–Trinajstić information content (AvgIpc) is 3.00. The van der Waals surface area contributed by atoms with Gasteiger partial charge in [-0.1, -0.05) is 66.7 Å². The third kappa shape index (κ3) is 2.80. The Hall–Kier alpha value is -3.31. The molecule has 5 heteroatoms. The lowest BCUT2D eigenvalue weighted by atomic mass is 10.1. The predicted molar refractivity (Wildman–Crippen MR) is 116 cm³/mol. The molecule has 1 aliphatic heterocycles. The summed E-state index contributed by atoms with van der Waals surface area (Å²) in [4.78, 5) is 27.0. The molecule has 0 radical (unpaired) electrons. The molecule has 1 N–H and O–H groups in total. The third-order valence-corrected chi connectivity index (χ3v) is 5.84. The first-order valence-corrected chi connectivity index (χ1v) is 9.86. The Morgan fingerprint density at radius 1 is 0.750 bits per heavy atom. The Bertz CT molecular complexity index is 1230. The number of hydrogen-bond acceptors (Lipinski definition) is 4. The van der Waals surface area contributed by atoms with E-state index < -0.39 is 5.37 Å². The van der Waals surface area contributed by atoms with Crippen molar-refractivity contribution in [2.75, 3.05) is 10.2 Å². The molecule has 2 amide bonds. The summed E-state index contributed by atoms with van der Waals surface area (Å²) >= 11 is 1.01. The fourth-order valence-electron chi connectivity index (χ4n) is 3.55. The number of benzene rings is 4. The van der Waals surface area contributed by atoms with Crippen molar-refractivity contribution in [2.45, 2.75) is 5.37 Å². The van der Waals surface area contributed by atoms with E-state index in [1.54, 1.807) is 0 Å².